The molecule has 0 aromatic carbocycles. The molecule has 0 saturated carbocycles. The lowest BCUT2D eigenvalue weighted by atomic mass is 9.90. The average Bonchev–Trinajstić information content (AvgIpc) is 2.72. The third kappa shape index (κ3) is 3.18. The lowest BCUT2D eigenvalue weighted by Gasteiger charge is -2.39. The molecule has 2 rings (SSSR count). The number of carbonyl (C=O) groups is 2. The standard InChI is InChI=1S/C13H21NO5/c1-13(2,3)19-12(17)14-7-8(11(15)16)6-10-9(14)4-5-18-10/h8-10H,4-7H2,1-3H3,(H,15,16). The first kappa shape index (κ1) is 14.1. The molecule has 108 valence electrons. The summed E-state index contributed by atoms with van der Waals surface area (Å²) >= 11 is 0. The van der Waals surface area contributed by atoms with Crippen LogP contribution in [0.15, 0.2) is 0 Å². The number of carboxylic acids is 1. The first-order valence-corrected chi connectivity index (χ1v) is 6.62. The van der Waals surface area contributed by atoms with E-state index in [0.717, 1.165) is 6.42 Å². The molecule has 2 saturated heterocycles. The van der Waals surface area contributed by atoms with Crippen LogP contribution in [-0.2, 0) is 14.3 Å². The number of hydrogen-bond acceptors (Lipinski definition) is 4. The molecule has 3 unspecified atom stereocenters. The van der Waals surface area contributed by atoms with Crippen LogP contribution in [-0.4, -0.2) is 53.0 Å². The SMILES string of the molecule is CC(C)(C)OC(=O)N1CC(C(=O)O)CC2OCCC21. The van der Waals surface area contributed by atoms with Crippen molar-refractivity contribution < 1.29 is 24.2 Å². The zero-order valence-electron chi connectivity index (χ0n) is 11.6. The van der Waals surface area contributed by atoms with Gasteiger partial charge in [-0.3, -0.25) is 4.79 Å². The Morgan fingerprint density at radius 2 is 2.05 bits per heavy atom. The maximum atomic E-state index is 12.2. The number of hydrogen-bond donors (Lipinski definition) is 1. The van der Waals surface area contributed by atoms with Crippen molar-refractivity contribution in [2.75, 3.05) is 13.2 Å². The van der Waals surface area contributed by atoms with E-state index < -0.39 is 23.6 Å². The zero-order valence-corrected chi connectivity index (χ0v) is 11.6. The van der Waals surface area contributed by atoms with E-state index in [-0.39, 0.29) is 18.7 Å². The summed E-state index contributed by atoms with van der Waals surface area (Å²) in [4.78, 5) is 24.9. The minimum atomic E-state index is -0.887. The summed E-state index contributed by atoms with van der Waals surface area (Å²) < 4.78 is 10.9. The van der Waals surface area contributed by atoms with Crippen LogP contribution in [0.25, 0.3) is 0 Å². The van der Waals surface area contributed by atoms with Crippen LogP contribution in [0.1, 0.15) is 33.6 Å². The van der Waals surface area contributed by atoms with Gasteiger partial charge in [0.25, 0.3) is 0 Å². The van der Waals surface area contributed by atoms with Crippen molar-refractivity contribution in [1.29, 1.82) is 0 Å². The summed E-state index contributed by atoms with van der Waals surface area (Å²) in [6.07, 6.45) is 0.594. The highest BCUT2D eigenvalue weighted by Crippen LogP contribution is 2.32. The number of fused-ring (bicyclic) bond motifs is 1. The van der Waals surface area contributed by atoms with Crippen LogP contribution in [0.4, 0.5) is 4.79 Å². The van der Waals surface area contributed by atoms with Crippen molar-refractivity contribution in [1.82, 2.24) is 4.90 Å². The van der Waals surface area contributed by atoms with Crippen molar-refractivity contribution >= 4 is 12.1 Å². The number of ether oxygens (including phenoxy) is 2. The smallest absolute Gasteiger partial charge is 0.410 e. The molecule has 19 heavy (non-hydrogen) atoms. The lowest BCUT2D eigenvalue weighted by Crippen LogP contribution is -2.54. The first-order chi connectivity index (χ1) is 8.78. The number of piperidine rings is 1. The number of carboxylic acid groups (broad SMARTS) is 1. The average molecular weight is 271 g/mol. The van der Waals surface area contributed by atoms with E-state index in [0.29, 0.717) is 13.0 Å². The maximum absolute atomic E-state index is 12.2. The molecule has 6 heteroatoms. The number of rotatable bonds is 1. The van der Waals surface area contributed by atoms with Gasteiger partial charge in [-0.15, -0.1) is 0 Å². The fourth-order valence-electron chi connectivity index (χ4n) is 2.66. The van der Waals surface area contributed by atoms with Crippen LogP contribution >= 0.6 is 0 Å². The minimum absolute atomic E-state index is 0.0505. The van der Waals surface area contributed by atoms with Gasteiger partial charge in [-0.2, -0.15) is 0 Å². The van der Waals surface area contributed by atoms with Crippen molar-refractivity contribution in [2.24, 2.45) is 5.92 Å². The van der Waals surface area contributed by atoms with Crippen LogP contribution in [0.2, 0.25) is 0 Å². The Labute approximate surface area is 112 Å². The van der Waals surface area contributed by atoms with Gasteiger partial charge in [-0.1, -0.05) is 0 Å². The van der Waals surface area contributed by atoms with E-state index in [4.69, 9.17) is 14.6 Å². The molecule has 3 atom stereocenters. The van der Waals surface area contributed by atoms with Crippen molar-refractivity contribution in [3.8, 4) is 0 Å². The van der Waals surface area contributed by atoms with Crippen LogP contribution in [0.5, 0.6) is 0 Å². The number of aliphatic carboxylic acids is 1. The summed E-state index contributed by atoms with van der Waals surface area (Å²) in [5.41, 5.74) is -0.581. The monoisotopic (exact) mass is 271 g/mol. The maximum Gasteiger partial charge on any atom is 0.410 e. The zero-order chi connectivity index (χ0) is 14.2. The van der Waals surface area contributed by atoms with Gasteiger partial charge in [-0.25, -0.2) is 4.79 Å². The van der Waals surface area contributed by atoms with Gasteiger partial charge < -0.3 is 19.5 Å². The molecule has 2 heterocycles. The first-order valence-electron chi connectivity index (χ1n) is 6.62. The van der Waals surface area contributed by atoms with Crippen LogP contribution < -0.4 is 0 Å². The molecule has 0 aromatic rings. The molecule has 2 fully saturated rings. The van der Waals surface area contributed by atoms with E-state index in [9.17, 15) is 9.59 Å². The molecule has 0 aromatic heterocycles. The molecule has 0 radical (unpaired) electrons. The summed E-state index contributed by atoms with van der Waals surface area (Å²) in [7, 11) is 0. The quantitative estimate of drug-likeness (QED) is 0.782. The Balaban J connectivity index is 2.11. The summed E-state index contributed by atoms with van der Waals surface area (Å²) in [6, 6.07) is -0.0505. The van der Waals surface area contributed by atoms with Crippen molar-refractivity contribution in [3.63, 3.8) is 0 Å². The Hall–Kier alpha value is -1.30. The van der Waals surface area contributed by atoms with Gasteiger partial charge in [0.15, 0.2) is 0 Å². The predicted molar refractivity (Wildman–Crippen MR) is 66.8 cm³/mol. The summed E-state index contributed by atoms with van der Waals surface area (Å²) in [5, 5.41) is 9.16. The Morgan fingerprint density at radius 1 is 1.37 bits per heavy atom. The molecule has 2 aliphatic heterocycles. The number of likely N-dealkylation sites (tertiary alicyclic amines) is 1. The number of carbonyl (C=O) groups excluding carboxylic acids is 1. The van der Waals surface area contributed by atoms with E-state index in [1.807, 2.05) is 0 Å². The van der Waals surface area contributed by atoms with Gasteiger partial charge in [0.2, 0.25) is 0 Å². The highest BCUT2D eigenvalue weighted by molar-refractivity contribution is 5.74. The topological polar surface area (TPSA) is 76.1 Å². The van der Waals surface area contributed by atoms with E-state index in [1.165, 1.54) is 4.90 Å². The number of amides is 1. The van der Waals surface area contributed by atoms with Crippen molar-refractivity contribution in [2.45, 2.75) is 51.4 Å². The minimum Gasteiger partial charge on any atom is -0.481 e. The summed E-state index contributed by atoms with van der Waals surface area (Å²) in [5.74, 6) is -1.46. The largest absolute Gasteiger partial charge is 0.481 e. The Morgan fingerprint density at radius 3 is 2.63 bits per heavy atom. The van der Waals surface area contributed by atoms with E-state index in [2.05, 4.69) is 0 Å². The Bertz CT molecular complexity index is 376. The summed E-state index contributed by atoms with van der Waals surface area (Å²) in [6.45, 7) is 6.17. The van der Waals surface area contributed by atoms with Gasteiger partial charge in [-0.05, 0) is 33.6 Å². The molecule has 0 aliphatic carbocycles. The second kappa shape index (κ2) is 5.00. The predicted octanol–water partition coefficient (Wildman–Crippen LogP) is 1.49. The molecule has 6 nitrogen and oxygen atoms in total. The molecule has 1 N–H and O–H groups in total. The molecule has 1 amide bonds. The van der Waals surface area contributed by atoms with Gasteiger partial charge in [0.05, 0.1) is 18.1 Å². The Kier molecular flexibility index (Phi) is 3.71. The van der Waals surface area contributed by atoms with E-state index >= 15 is 0 Å². The molecular formula is C13H21NO5. The van der Waals surface area contributed by atoms with Gasteiger partial charge in [0.1, 0.15) is 5.60 Å². The third-order valence-electron chi connectivity index (χ3n) is 3.49. The van der Waals surface area contributed by atoms with Crippen LogP contribution in [0, 0.1) is 5.92 Å². The second-order valence-electron chi connectivity index (χ2n) is 6.17. The van der Waals surface area contributed by atoms with Gasteiger partial charge >= 0.3 is 12.1 Å². The molecule has 0 bridgehead atoms. The van der Waals surface area contributed by atoms with Crippen LogP contribution in [0.3, 0.4) is 0 Å². The second-order valence-corrected chi connectivity index (χ2v) is 6.17. The highest BCUT2D eigenvalue weighted by atomic mass is 16.6. The third-order valence-corrected chi connectivity index (χ3v) is 3.49. The van der Waals surface area contributed by atoms with Crippen molar-refractivity contribution in [3.05, 3.63) is 0 Å². The molecule has 2 aliphatic rings. The van der Waals surface area contributed by atoms with Gasteiger partial charge in [0, 0.05) is 13.2 Å². The lowest BCUT2D eigenvalue weighted by molar-refractivity contribution is -0.146. The highest BCUT2D eigenvalue weighted by Gasteiger charge is 2.45. The normalized spacial score (nSPS) is 30.9. The fourth-order valence-corrected chi connectivity index (χ4v) is 2.66. The van der Waals surface area contributed by atoms with E-state index in [1.54, 1.807) is 20.8 Å². The fraction of sp³-hybridized carbons (Fsp3) is 0.846. The molecular weight excluding hydrogens is 250 g/mol. The number of nitrogens with zero attached hydrogens (tertiary/aromatic N) is 1. The molecule has 0 spiro atoms.